The van der Waals surface area contributed by atoms with Crippen molar-refractivity contribution in [3.8, 4) is 5.75 Å². The van der Waals surface area contributed by atoms with Crippen molar-refractivity contribution in [2.75, 3.05) is 7.11 Å². The lowest BCUT2D eigenvalue weighted by molar-refractivity contribution is -0.141. The maximum atomic E-state index is 12.7. The fraction of sp³-hybridized carbons (Fsp3) is 0.333. The lowest BCUT2D eigenvalue weighted by Gasteiger charge is -2.11. The van der Waals surface area contributed by atoms with Crippen LogP contribution >= 0.6 is 11.6 Å². The van der Waals surface area contributed by atoms with E-state index in [1.54, 1.807) is 6.07 Å². The van der Waals surface area contributed by atoms with Crippen LogP contribution in [0.4, 0.5) is 13.2 Å². The minimum Gasteiger partial charge on any atom is -0.496 e. The van der Waals surface area contributed by atoms with Crippen LogP contribution in [-0.2, 0) is 12.6 Å². The van der Waals surface area contributed by atoms with Crippen molar-refractivity contribution in [2.45, 2.75) is 19.5 Å². The largest absolute Gasteiger partial charge is 0.496 e. The van der Waals surface area contributed by atoms with Crippen LogP contribution in [0, 0.1) is 0 Å². The van der Waals surface area contributed by atoms with Crippen molar-refractivity contribution in [3.63, 3.8) is 0 Å². The number of ether oxygens (including phenoxy) is 1. The van der Waals surface area contributed by atoms with Crippen LogP contribution in [0.3, 0.4) is 0 Å². The number of methoxy groups -OCH3 is 1. The molecule has 19 heavy (non-hydrogen) atoms. The van der Waals surface area contributed by atoms with Crippen molar-refractivity contribution in [1.29, 1.82) is 0 Å². The Hall–Kier alpha value is -1.56. The summed E-state index contributed by atoms with van der Waals surface area (Å²) in [7, 11) is 1.45. The van der Waals surface area contributed by atoms with Crippen molar-refractivity contribution in [3.05, 3.63) is 28.5 Å². The van der Waals surface area contributed by atoms with E-state index in [9.17, 15) is 13.2 Å². The lowest BCUT2D eigenvalue weighted by atomic mass is 10.1. The van der Waals surface area contributed by atoms with Crippen LogP contribution in [0.2, 0.25) is 5.15 Å². The molecule has 0 aliphatic rings. The Balaban J connectivity index is 2.72. The quantitative estimate of drug-likeness (QED) is 0.842. The summed E-state index contributed by atoms with van der Waals surface area (Å²) in [5.74, 6) is 0.486. The second-order valence-corrected chi connectivity index (χ2v) is 4.23. The minimum atomic E-state index is -4.63. The van der Waals surface area contributed by atoms with Crippen LogP contribution in [0.5, 0.6) is 5.75 Å². The number of aromatic nitrogens is 2. The molecule has 0 saturated carbocycles. The van der Waals surface area contributed by atoms with Crippen LogP contribution in [-0.4, -0.2) is 17.1 Å². The maximum absolute atomic E-state index is 12.7. The molecule has 0 radical (unpaired) electrons. The lowest BCUT2D eigenvalue weighted by Crippen LogP contribution is -2.10. The molecule has 0 fully saturated rings. The molecule has 1 heterocycles. The Morgan fingerprint density at radius 1 is 1.21 bits per heavy atom. The molecule has 0 amide bonds. The molecule has 0 saturated heterocycles. The van der Waals surface area contributed by atoms with Crippen molar-refractivity contribution in [2.24, 2.45) is 0 Å². The molecular formula is C12H10ClF3N2O. The molecule has 2 aromatic rings. The topological polar surface area (TPSA) is 35.0 Å². The molecule has 7 heteroatoms. The van der Waals surface area contributed by atoms with Gasteiger partial charge in [0.05, 0.1) is 18.1 Å². The number of halogens is 4. The highest BCUT2D eigenvalue weighted by Crippen LogP contribution is 2.34. The van der Waals surface area contributed by atoms with Gasteiger partial charge in [0.15, 0.2) is 10.8 Å². The van der Waals surface area contributed by atoms with Crippen molar-refractivity contribution in [1.82, 2.24) is 9.97 Å². The summed E-state index contributed by atoms with van der Waals surface area (Å²) in [5, 5.41) is -0.646. The second kappa shape index (κ2) is 4.85. The van der Waals surface area contributed by atoms with E-state index in [0.29, 0.717) is 17.7 Å². The molecule has 3 nitrogen and oxygen atoms in total. The van der Waals surface area contributed by atoms with Gasteiger partial charge in [0.1, 0.15) is 5.75 Å². The average Bonchev–Trinajstić information content (AvgIpc) is 2.35. The predicted molar refractivity (Wildman–Crippen MR) is 65.5 cm³/mol. The van der Waals surface area contributed by atoms with Crippen molar-refractivity contribution < 1.29 is 17.9 Å². The van der Waals surface area contributed by atoms with Crippen molar-refractivity contribution >= 4 is 22.6 Å². The summed E-state index contributed by atoms with van der Waals surface area (Å²) in [6.45, 7) is 1.91. The van der Waals surface area contributed by atoms with E-state index >= 15 is 0 Å². The Kier molecular flexibility index (Phi) is 3.54. The molecule has 0 aliphatic carbocycles. The zero-order valence-electron chi connectivity index (χ0n) is 10.2. The van der Waals surface area contributed by atoms with Gasteiger partial charge in [-0.05, 0) is 18.1 Å². The van der Waals surface area contributed by atoms with Crippen LogP contribution in [0.25, 0.3) is 11.0 Å². The molecule has 1 aromatic carbocycles. The van der Waals surface area contributed by atoms with E-state index in [1.807, 2.05) is 6.92 Å². The van der Waals surface area contributed by atoms with Gasteiger partial charge in [-0.3, -0.25) is 0 Å². The van der Waals surface area contributed by atoms with E-state index in [-0.39, 0.29) is 5.52 Å². The normalized spacial score (nSPS) is 11.9. The molecule has 102 valence electrons. The van der Waals surface area contributed by atoms with Gasteiger partial charge in [0, 0.05) is 6.07 Å². The van der Waals surface area contributed by atoms with Crippen LogP contribution < -0.4 is 4.74 Å². The predicted octanol–water partition coefficient (Wildman–Crippen LogP) is 3.87. The summed E-state index contributed by atoms with van der Waals surface area (Å²) in [4.78, 5) is 7.28. The summed E-state index contributed by atoms with van der Waals surface area (Å²) in [6, 6.07) is 3.07. The third kappa shape index (κ3) is 2.58. The van der Waals surface area contributed by atoms with Crippen LogP contribution in [0.15, 0.2) is 12.1 Å². The molecule has 0 N–H and O–H groups in total. The highest BCUT2D eigenvalue weighted by Gasteiger charge is 2.36. The van der Waals surface area contributed by atoms with Gasteiger partial charge in [-0.15, -0.1) is 0 Å². The Labute approximate surface area is 112 Å². The van der Waals surface area contributed by atoms with E-state index in [0.717, 1.165) is 5.56 Å². The van der Waals surface area contributed by atoms with Gasteiger partial charge in [-0.2, -0.15) is 13.2 Å². The highest BCUT2D eigenvalue weighted by atomic mass is 35.5. The number of fused-ring (bicyclic) bond motifs is 1. The standard InChI is InChI=1S/C12H10ClF3N2O/c1-3-6-4-7-8(5-9(6)19-2)17-10(11(13)18-7)12(14,15)16/h4-5H,3H2,1-2H3. The first-order chi connectivity index (χ1) is 8.86. The Morgan fingerprint density at radius 2 is 1.84 bits per heavy atom. The number of aryl methyl sites for hydroxylation is 1. The number of hydrogen-bond donors (Lipinski definition) is 0. The molecule has 1 aromatic heterocycles. The van der Waals surface area contributed by atoms with E-state index in [2.05, 4.69) is 9.97 Å². The van der Waals surface area contributed by atoms with E-state index < -0.39 is 17.0 Å². The fourth-order valence-corrected chi connectivity index (χ4v) is 1.99. The minimum absolute atomic E-state index is 0.103. The number of alkyl halides is 3. The molecule has 0 bridgehead atoms. The summed E-state index contributed by atoms with van der Waals surface area (Å²) in [5.41, 5.74) is 0.0644. The zero-order chi connectivity index (χ0) is 14.2. The van der Waals surface area contributed by atoms with Gasteiger partial charge in [0.25, 0.3) is 0 Å². The fourth-order valence-electron chi connectivity index (χ4n) is 1.75. The Morgan fingerprint density at radius 3 is 2.37 bits per heavy atom. The van der Waals surface area contributed by atoms with Crippen LogP contribution in [0.1, 0.15) is 18.2 Å². The van der Waals surface area contributed by atoms with Gasteiger partial charge >= 0.3 is 6.18 Å². The maximum Gasteiger partial charge on any atom is 0.436 e. The average molecular weight is 291 g/mol. The molecule has 0 aliphatic heterocycles. The summed E-state index contributed by atoms with van der Waals surface area (Å²) < 4.78 is 43.2. The number of hydrogen-bond acceptors (Lipinski definition) is 3. The third-order valence-corrected chi connectivity index (χ3v) is 2.94. The van der Waals surface area contributed by atoms with Gasteiger partial charge in [-0.1, -0.05) is 18.5 Å². The monoisotopic (exact) mass is 290 g/mol. The molecular weight excluding hydrogens is 281 g/mol. The zero-order valence-corrected chi connectivity index (χ0v) is 10.9. The smallest absolute Gasteiger partial charge is 0.436 e. The summed E-state index contributed by atoms with van der Waals surface area (Å²) >= 11 is 5.53. The molecule has 0 spiro atoms. The van der Waals surface area contributed by atoms with Gasteiger partial charge < -0.3 is 4.74 Å². The van der Waals surface area contributed by atoms with E-state index in [1.165, 1.54) is 13.2 Å². The first-order valence-electron chi connectivity index (χ1n) is 5.48. The first-order valence-corrected chi connectivity index (χ1v) is 5.86. The van der Waals surface area contributed by atoms with Gasteiger partial charge in [-0.25, -0.2) is 9.97 Å². The molecule has 0 atom stereocenters. The second-order valence-electron chi connectivity index (χ2n) is 3.87. The Bertz CT molecular complexity index is 628. The summed E-state index contributed by atoms with van der Waals surface area (Å²) in [6.07, 6.45) is -3.96. The number of nitrogens with zero attached hydrogens (tertiary/aromatic N) is 2. The first kappa shape index (κ1) is 13.9. The number of benzene rings is 1. The molecule has 2 rings (SSSR count). The third-order valence-electron chi connectivity index (χ3n) is 2.67. The molecule has 0 unspecified atom stereocenters. The van der Waals surface area contributed by atoms with E-state index in [4.69, 9.17) is 16.3 Å². The number of rotatable bonds is 2. The highest BCUT2D eigenvalue weighted by molar-refractivity contribution is 6.30. The SMILES string of the molecule is CCc1cc2nc(Cl)c(C(F)(F)F)nc2cc1OC. The van der Waals surface area contributed by atoms with Gasteiger partial charge in [0.2, 0.25) is 0 Å².